The molecule has 4 atom stereocenters. The highest BCUT2D eigenvalue weighted by Gasteiger charge is 2.60. The van der Waals surface area contributed by atoms with Crippen LogP contribution >= 0.6 is 0 Å². The number of nitrogens with zero attached hydrogens (tertiary/aromatic N) is 2. The van der Waals surface area contributed by atoms with E-state index in [1.165, 1.54) is 6.07 Å². The van der Waals surface area contributed by atoms with Crippen molar-refractivity contribution >= 4 is 11.7 Å². The minimum absolute atomic E-state index is 0.0360. The summed E-state index contributed by atoms with van der Waals surface area (Å²) >= 11 is 0. The van der Waals surface area contributed by atoms with Crippen LogP contribution in [0.3, 0.4) is 0 Å². The summed E-state index contributed by atoms with van der Waals surface area (Å²) in [7, 11) is 7.22. The Morgan fingerprint density at radius 2 is 1.77 bits per heavy atom. The van der Waals surface area contributed by atoms with Crippen molar-refractivity contribution in [3.8, 4) is 17.0 Å². The van der Waals surface area contributed by atoms with Crippen molar-refractivity contribution in [2.75, 3.05) is 28.2 Å². The summed E-state index contributed by atoms with van der Waals surface area (Å²) in [6, 6.07) is 6.18. The van der Waals surface area contributed by atoms with E-state index in [1.54, 1.807) is 25.1 Å². The summed E-state index contributed by atoms with van der Waals surface area (Å²) in [6.07, 6.45) is 0.482. The molecule has 1 amide bonds. The fraction of sp³-hybridized carbons (Fsp3) is 0.429. The zero-order valence-corrected chi connectivity index (χ0v) is 22.3. The van der Waals surface area contributed by atoms with Crippen molar-refractivity contribution < 1.29 is 35.1 Å². The van der Waals surface area contributed by atoms with E-state index in [4.69, 9.17) is 5.73 Å². The van der Waals surface area contributed by atoms with E-state index < -0.39 is 58.4 Å². The lowest BCUT2D eigenvalue weighted by Crippen LogP contribution is -2.60. The highest BCUT2D eigenvalue weighted by Crippen LogP contribution is 2.54. The number of ketones is 1. The number of Topliss-reactive ketones (excluding diaryl/α,β-unsaturated/α-hetero) is 1. The number of aromatic amines is 1. The third-order valence-corrected chi connectivity index (χ3v) is 8.25. The quantitative estimate of drug-likeness (QED) is 0.275. The molecule has 0 radical (unpaired) electrons. The maximum atomic E-state index is 13.9. The molecule has 5 rings (SSSR count). The van der Waals surface area contributed by atoms with Crippen LogP contribution < -0.4 is 5.73 Å². The number of carbonyl (C=O) groups is 2. The van der Waals surface area contributed by atoms with Gasteiger partial charge in [0.25, 0.3) is 5.91 Å². The van der Waals surface area contributed by atoms with Gasteiger partial charge in [-0.3, -0.25) is 14.5 Å². The van der Waals surface area contributed by atoms with Crippen LogP contribution in [0.15, 0.2) is 46.9 Å². The molecule has 11 heteroatoms. The van der Waals surface area contributed by atoms with E-state index in [0.717, 1.165) is 17.0 Å². The van der Waals surface area contributed by atoms with E-state index in [9.17, 15) is 35.1 Å². The molecule has 208 valence electrons. The van der Waals surface area contributed by atoms with Crippen molar-refractivity contribution in [3.63, 3.8) is 0 Å². The molecule has 0 spiro atoms. The van der Waals surface area contributed by atoms with Crippen LogP contribution in [0, 0.1) is 17.8 Å². The molecule has 39 heavy (non-hydrogen) atoms. The summed E-state index contributed by atoms with van der Waals surface area (Å²) in [5.74, 6) is -9.07. The summed E-state index contributed by atoms with van der Waals surface area (Å²) in [5.41, 5.74) is 7.71. The van der Waals surface area contributed by atoms with Gasteiger partial charge in [0.05, 0.1) is 17.5 Å². The molecule has 3 aliphatic carbocycles. The molecule has 0 bridgehead atoms. The second kappa shape index (κ2) is 9.23. The SMILES string of the molecule is CN(C)Cc1ccc(-c2ccc(O)c3c2CC2C[C@@H]4C(C(O)=C2C3=O)C(O)(O)C(C(N)=O)=C(O)[C@H]4N(C)C)[nH]1. The number of hydrogen-bond acceptors (Lipinski definition) is 9. The van der Waals surface area contributed by atoms with Gasteiger partial charge in [0.2, 0.25) is 5.79 Å². The van der Waals surface area contributed by atoms with Crippen molar-refractivity contribution in [3.05, 3.63) is 63.8 Å². The predicted molar refractivity (Wildman–Crippen MR) is 142 cm³/mol. The van der Waals surface area contributed by atoms with Crippen LogP contribution in [0.4, 0.5) is 0 Å². The number of nitrogens with two attached hydrogens (primary N) is 1. The highest BCUT2D eigenvalue weighted by molar-refractivity contribution is 6.14. The molecule has 1 aromatic heterocycles. The van der Waals surface area contributed by atoms with E-state index >= 15 is 0 Å². The highest BCUT2D eigenvalue weighted by atomic mass is 16.5. The lowest BCUT2D eigenvalue weighted by Gasteiger charge is -2.51. The molecule has 0 saturated heterocycles. The zero-order valence-electron chi connectivity index (χ0n) is 22.3. The Bertz CT molecular complexity index is 1440. The number of carbonyl (C=O) groups excluding carboxylic acids is 2. The maximum Gasteiger partial charge on any atom is 0.253 e. The number of primary amides is 1. The van der Waals surface area contributed by atoms with Crippen molar-refractivity contribution in [2.45, 2.75) is 31.2 Å². The third-order valence-electron chi connectivity index (χ3n) is 8.25. The van der Waals surface area contributed by atoms with Gasteiger partial charge < -0.3 is 41.2 Å². The number of rotatable bonds is 5. The number of likely N-dealkylation sites (N-methyl/N-ethyl adjacent to an activating group) is 1. The Morgan fingerprint density at radius 1 is 1.08 bits per heavy atom. The van der Waals surface area contributed by atoms with Gasteiger partial charge in [-0.15, -0.1) is 0 Å². The van der Waals surface area contributed by atoms with Gasteiger partial charge in [0, 0.05) is 29.1 Å². The number of aliphatic hydroxyl groups excluding tert-OH is 2. The Morgan fingerprint density at radius 3 is 2.38 bits per heavy atom. The number of H-pyrrole nitrogens is 1. The number of aliphatic hydroxyl groups is 4. The minimum atomic E-state index is -3.01. The van der Waals surface area contributed by atoms with Gasteiger partial charge in [0.1, 0.15) is 22.8 Å². The number of aromatic nitrogens is 1. The number of allylic oxidation sites excluding steroid dienone is 1. The van der Waals surface area contributed by atoms with Crippen LogP contribution in [-0.2, 0) is 17.8 Å². The van der Waals surface area contributed by atoms with Gasteiger partial charge in [0.15, 0.2) is 5.78 Å². The number of nitrogens with one attached hydrogen (secondary N) is 1. The summed E-state index contributed by atoms with van der Waals surface area (Å²) in [4.78, 5) is 33.1. The second-order valence-electron chi connectivity index (χ2n) is 11.3. The number of hydrogen-bond donors (Lipinski definition) is 7. The number of fused-ring (bicyclic) bond motifs is 3. The van der Waals surface area contributed by atoms with E-state index in [2.05, 4.69) is 4.98 Å². The van der Waals surface area contributed by atoms with Gasteiger partial charge >= 0.3 is 0 Å². The van der Waals surface area contributed by atoms with Gasteiger partial charge in [-0.2, -0.15) is 0 Å². The number of phenolic OH excluding ortho intramolecular Hbond substituents is 1. The monoisotopic (exact) mass is 538 g/mol. The molecule has 1 heterocycles. The standard InChI is InChI=1S/C28H34N4O7/c1-31(2)11-13-5-7-17(30-13)14-6-8-18(33)20-15(14)9-12-10-16-21(25(35)19(12)24(20)34)28(38,39)22(27(29)37)26(36)23(16)32(3)4/h5-8,12,16,21,23,30,33,35-36,38-39H,9-11H2,1-4H3,(H2,29,37)/t12?,16-,21?,23+/m1/s1. The Balaban J connectivity index is 1.66. The van der Waals surface area contributed by atoms with Crippen molar-refractivity contribution in [2.24, 2.45) is 23.5 Å². The first-order chi connectivity index (χ1) is 18.2. The lowest BCUT2D eigenvalue weighted by molar-refractivity contribution is -0.200. The molecule has 8 N–H and O–H groups in total. The number of amides is 1. The van der Waals surface area contributed by atoms with E-state index in [0.29, 0.717) is 12.1 Å². The molecule has 11 nitrogen and oxygen atoms in total. The van der Waals surface area contributed by atoms with Crippen LogP contribution in [0.1, 0.15) is 28.0 Å². The third kappa shape index (κ3) is 4.04. The molecule has 0 aliphatic heterocycles. The van der Waals surface area contributed by atoms with Crippen LogP contribution in [0.25, 0.3) is 11.3 Å². The molecule has 1 aromatic carbocycles. The average Bonchev–Trinajstić information content (AvgIpc) is 3.25. The van der Waals surface area contributed by atoms with Gasteiger partial charge in [-0.25, -0.2) is 0 Å². The molecule has 0 fully saturated rings. The molecular formula is C28H34N4O7. The number of phenols is 1. The minimum Gasteiger partial charge on any atom is -0.511 e. The normalized spacial score (nSPS) is 26.1. The van der Waals surface area contributed by atoms with Crippen LogP contribution in [-0.4, -0.2) is 92.0 Å². The maximum absolute atomic E-state index is 13.9. The average molecular weight is 539 g/mol. The summed E-state index contributed by atoms with van der Waals surface area (Å²) in [5, 5.41) is 55.3. The molecule has 0 saturated carbocycles. The molecule has 3 aliphatic rings. The number of aromatic hydroxyl groups is 1. The lowest BCUT2D eigenvalue weighted by atomic mass is 9.59. The fourth-order valence-corrected chi connectivity index (χ4v) is 6.84. The first-order valence-electron chi connectivity index (χ1n) is 12.8. The molecule has 2 unspecified atom stereocenters. The first kappa shape index (κ1) is 26.9. The van der Waals surface area contributed by atoms with Gasteiger partial charge in [-0.1, -0.05) is 0 Å². The largest absolute Gasteiger partial charge is 0.511 e. The topological polar surface area (TPSA) is 184 Å². The number of benzene rings is 1. The van der Waals surface area contributed by atoms with E-state index in [1.807, 2.05) is 31.1 Å². The Kier molecular flexibility index (Phi) is 6.38. The Hall–Kier alpha value is -3.64. The van der Waals surface area contributed by atoms with Crippen LogP contribution in [0.2, 0.25) is 0 Å². The van der Waals surface area contributed by atoms with Crippen molar-refractivity contribution in [1.82, 2.24) is 14.8 Å². The van der Waals surface area contributed by atoms with Gasteiger partial charge in [-0.05, 0) is 82.7 Å². The Labute approximate surface area is 225 Å². The predicted octanol–water partition coefficient (Wildman–Crippen LogP) is 1.17. The molecular weight excluding hydrogens is 504 g/mol. The zero-order chi connectivity index (χ0) is 28.5. The smallest absolute Gasteiger partial charge is 0.253 e. The summed E-state index contributed by atoms with van der Waals surface area (Å²) < 4.78 is 0. The second-order valence-corrected chi connectivity index (χ2v) is 11.3. The van der Waals surface area contributed by atoms with E-state index in [-0.39, 0.29) is 29.7 Å². The van der Waals surface area contributed by atoms with Crippen molar-refractivity contribution in [1.29, 1.82) is 0 Å². The fourth-order valence-electron chi connectivity index (χ4n) is 6.84. The first-order valence-corrected chi connectivity index (χ1v) is 12.8. The van der Waals surface area contributed by atoms with Crippen LogP contribution in [0.5, 0.6) is 5.75 Å². The summed E-state index contributed by atoms with van der Waals surface area (Å²) in [6.45, 7) is 0.686. The molecule has 2 aromatic rings.